The van der Waals surface area contributed by atoms with Crippen LogP contribution in [0.25, 0.3) is 22.7 Å². The van der Waals surface area contributed by atoms with Crippen LogP contribution in [0.4, 0.5) is 5.69 Å². The summed E-state index contributed by atoms with van der Waals surface area (Å²) < 4.78 is 9.19. The average molecular weight is 348 g/mol. The summed E-state index contributed by atoms with van der Waals surface area (Å²) in [7, 11) is 0. The molecule has 4 aromatic rings. The van der Waals surface area contributed by atoms with E-state index < -0.39 is 0 Å². The predicted octanol–water partition coefficient (Wildman–Crippen LogP) is 5.02. The van der Waals surface area contributed by atoms with E-state index in [4.69, 9.17) is 4.42 Å². The van der Waals surface area contributed by atoms with E-state index >= 15 is 0 Å². The normalized spacial score (nSPS) is 11.0. The second-order valence-electron chi connectivity index (χ2n) is 5.79. The van der Waals surface area contributed by atoms with E-state index in [1.54, 1.807) is 30.5 Å². The summed E-state index contributed by atoms with van der Waals surface area (Å²) in [5.74, 6) is 0.527. The molecule has 3 heterocycles. The molecule has 0 saturated carbocycles. The molecule has 0 aliphatic heterocycles. The highest BCUT2D eigenvalue weighted by molar-refractivity contribution is 8.00. The van der Waals surface area contributed by atoms with E-state index in [1.165, 1.54) is 11.1 Å². The summed E-state index contributed by atoms with van der Waals surface area (Å²) in [5, 5.41) is 0. The van der Waals surface area contributed by atoms with E-state index in [2.05, 4.69) is 51.7 Å². The number of pyridine rings is 2. The molecule has 0 spiro atoms. The van der Waals surface area contributed by atoms with Crippen molar-refractivity contribution in [2.24, 2.45) is 0 Å². The molecule has 6 heteroatoms. The number of hydrogen-bond donors (Lipinski definition) is 1. The van der Waals surface area contributed by atoms with E-state index in [1.807, 2.05) is 18.2 Å². The minimum Gasteiger partial charge on any atom is -0.434 e. The Balaban J connectivity index is 1.64. The highest BCUT2D eigenvalue weighted by atomic mass is 32.2. The molecule has 1 aromatic carbocycles. The van der Waals surface area contributed by atoms with Gasteiger partial charge < -0.3 is 9.14 Å². The number of fused-ring (bicyclic) bond motifs is 1. The Bertz CT molecular complexity index is 991. The van der Waals surface area contributed by atoms with Crippen LogP contribution in [0.3, 0.4) is 0 Å². The maximum Gasteiger partial charge on any atom is 0.231 e. The Hall–Kier alpha value is -2.86. The fraction of sp³-hybridized carbons (Fsp3) is 0.105. The van der Waals surface area contributed by atoms with Crippen molar-refractivity contribution in [3.8, 4) is 11.5 Å². The van der Waals surface area contributed by atoms with Gasteiger partial charge in [-0.3, -0.25) is 4.98 Å². The van der Waals surface area contributed by atoms with E-state index in [-0.39, 0.29) is 0 Å². The first-order valence-electron chi connectivity index (χ1n) is 7.86. The summed E-state index contributed by atoms with van der Waals surface area (Å²) in [6.45, 7) is 4.19. The third kappa shape index (κ3) is 3.34. The molecule has 0 aliphatic rings. The van der Waals surface area contributed by atoms with Crippen LogP contribution < -0.4 is 4.72 Å². The van der Waals surface area contributed by atoms with Gasteiger partial charge in [0.15, 0.2) is 11.2 Å². The molecule has 0 saturated heterocycles. The van der Waals surface area contributed by atoms with Gasteiger partial charge in [0, 0.05) is 17.3 Å². The van der Waals surface area contributed by atoms with Crippen molar-refractivity contribution < 1.29 is 4.42 Å². The van der Waals surface area contributed by atoms with Crippen molar-refractivity contribution in [1.29, 1.82) is 0 Å². The lowest BCUT2D eigenvalue weighted by Gasteiger charge is -2.09. The third-order valence-electron chi connectivity index (χ3n) is 3.69. The maximum absolute atomic E-state index is 5.83. The topological polar surface area (TPSA) is 63.8 Å². The number of aromatic nitrogens is 3. The van der Waals surface area contributed by atoms with Crippen LogP contribution in [0.15, 0.2) is 64.3 Å². The van der Waals surface area contributed by atoms with Crippen LogP contribution >= 0.6 is 11.9 Å². The summed E-state index contributed by atoms with van der Waals surface area (Å²) in [6, 6.07) is 12.0. The Morgan fingerprint density at radius 2 is 1.88 bits per heavy atom. The summed E-state index contributed by atoms with van der Waals surface area (Å²) in [4.78, 5) is 14.1. The van der Waals surface area contributed by atoms with Gasteiger partial charge >= 0.3 is 0 Å². The zero-order valence-corrected chi connectivity index (χ0v) is 14.7. The number of benzene rings is 1. The van der Waals surface area contributed by atoms with Gasteiger partial charge in [0.2, 0.25) is 5.89 Å². The zero-order chi connectivity index (χ0) is 17.2. The SMILES string of the molecule is Cc1cc(C)cc(SNc2cnccc2-c2nc3ncccc3o2)c1. The van der Waals surface area contributed by atoms with Gasteiger partial charge in [0.05, 0.1) is 17.4 Å². The molecule has 124 valence electrons. The number of oxazole rings is 1. The van der Waals surface area contributed by atoms with Crippen LogP contribution in [0.1, 0.15) is 11.1 Å². The van der Waals surface area contributed by atoms with Crippen LogP contribution in [0.5, 0.6) is 0 Å². The summed E-state index contributed by atoms with van der Waals surface area (Å²) in [6.07, 6.45) is 5.20. The third-order valence-corrected chi connectivity index (χ3v) is 4.48. The standard InChI is InChI=1S/C19H16N4OS/c1-12-8-13(2)10-14(9-12)25-23-16-11-20-7-5-15(16)19-22-18-17(24-19)4-3-6-21-18/h3-11,23H,1-2H3. The molecular weight excluding hydrogens is 332 g/mol. The van der Waals surface area contributed by atoms with Gasteiger partial charge in [-0.15, -0.1) is 0 Å². The summed E-state index contributed by atoms with van der Waals surface area (Å²) in [5.41, 5.74) is 5.44. The van der Waals surface area contributed by atoms with Crippen LogP contribution in [-0.2, 0) is 0 Å². The van der Waals surface area contributed by atoms with Crippen molar-refractivity contribution in [3.05, 3.63) is 66.1 Å². The van der Waals surface area contributed by atoms with Crippen molar-refractivity contribution in [1.82, 2.24) is 15.0 Å². The highest BCUT2D eigenvalue weighted by Crippen LogP contribution is 2.32. The number of nitrogens with zero attached hydrogens (tertiary/aromatic N) is 3. The van der Waals surface area contributed by atoms with Gasteiger partial charge in [-0.05, 0) is 67.3 Å². The Morgan fingerprint density at radius 1 is 1.04 bits per heavy atom. The molecule has 25 heavy (non-hydrogen) atoms. The number of hydrogen-bond acceptors (Lipinski definition) is 6. The van der Waals surface area contributed by atoms with Crippen molar-refractivity contribution >= 4 is 28.9 Å². The van der Waals surface area contributed by atoms with Gasteiger partial charge in [-0.25, -0.2) is 4.98 Å². The molecule has 3 aromatic heterocycles. The Morgan fingerprint density at radius 3 is 2.68 bits per heavy atom. The predicted molar refractivity (Wildman–Crippen MR) is 100 cm³/mol. The van der Waals surface area contributed by atoms with E-state index in [0.29, 0.717) is 17.1 Å². The lowest BCUT2D eigenvalue weighted by atomic mass is 10.2. The quantitative estimate of drug-likeness (QED) is 0.522. The number of anilines is 1. The molecule has 0 unspecified atom stereocenters. The van der Waals surface area contributed by atoms with Gasteiger partial charge in [0.25, 0.3) is 0 Å². The number of rotatable bonds is 4. The fourth-order valence-corrected chi connectivity index (χ4v) is 3.53. The highest BCUT2D eigenvalue weighted by Gasteiger charge is 2.13. The molecule has 0 atom stereocenters. The zero-order valence-electron chi connectivity index (χ0n) is 13.9. The van der Waals surface area contributed by atoms with Gasteiger partial charge in [0.1, 0.15) is 0 Å². The van der Waals surface area contributed by atoms with Gasteiger partial charge in [-0.2, -0.15) is 4.98 Å². The summed E-state index contributed by atoms with van der Waals surface area (Å²) >= 11 is 1.54. The Kier molecular flexibility index (Phi) is 4.11. The average Bonchev–Trinajstić information content (AvgIpc) is 3.03. The first kappa shape index (κ1) is 15.7. The van der Waals surface area contributed by atoms with Crippen molar-refractivity contribution in [2.75, 3.05) is 4.72 Å². The smallest absolute Gasteiger partial charge is 0.231 e. The minimum atomic E-state index is 0.527. The molecule has 0 aliphatic carbocycles. The van der Waals surface area contributed by atoms with Crippen LogP contribution in [0, 0.1) is 13.8 Å². The molecule has 1 N–H and O–H groups in total. The maximum atomic E-state index is 5.83. The Labute approximate surface area is 149 Å². The molecule has 4 rings (SSSR count). The van der Waals surface area contributed by atoms with Crippen molar-refractivity contribution in [2.45, 2.75) is 18.7 Å². The number of nitrogens with one attached hydrogen (secondary N) is 1. The van der Waals surface area contributed by atoms with Gasteiger partial charge in [-0.1, -0.05) is 6.07 Å². The fourth-order valence-electron chi connectivity index (χ4n) is 2.65. The lowest BCUT2D eigenvalue weighted by molar-refractivity contribution is 0.620. The lowest BCUT2D eigenvalue weighted by Crippen LogP contribution is -1.92. The first-order chi connectivity index (χ1) is 12.2. The molecule has 0 amide bonds. The molecule has 0 bridgehead atoms. The first-order valence-corrected chi connectivity index (χ1v) is 8.68. The second-order valence-corrected chi connectivity index (χ2v) is 6.67. The number of aryl methyl sites for hydroxylation is 2. The monoisotopic (exact) mass is 348 g/mol. The second kappa shape index (κ2) is 6.57. The van der Waals surface area contributed by atoms with Crippen LogP contribution in [-0.4, -0.2) is 15.0 Å². The van der Waals surface area contributed by atoms with Crippen molar-refractivity contribution in [3.63, 3.8) is 0 Å². The molecular formula is C19H16N4OS. The van der Waals surface area contributed by atoms with E-state index in [9.17, 15) is 0 Å². The molecule has 0 radical (unpaired) electrons. The minimum absolute atomic E-state index is 0.527. The molecule has 5 nitrogen and oxygen atoms in total. The van der Waals surface area contributed by atoms with Crippen LogP contribution in [0.2, 0.25) is 0 Å². The molecule has 0 fully saturated rings. The largest absolute Gasteiger partial charge is 0.434 e. The van der Waals surface area contributed by atoms with E-state index in [0.717, 1.165) is 16.1 Å².